The quantitative estimate of drug-likeness (QED) is 0.635. The van der Waals surface area contributed by atoms with Crippen LogP contribution >= 0.6 is 11.6 Å². The highest BCUT2D eigenvalue weighted by Crippen LogP contribution is 2.28. The van der Waals surface area contributed by atoms with E-state index in [0.717, 1.165) is 0 Å². The second kappa shape index (κ2) is 5.77. The Morgan fingerprint density at radius 2 is 2.05 bits per heavy atom. The van der Waals surface area contributed by atoms with Crippen LogP contribution in [0.4, 0.5) is 5.69 Å². The molecule has 6 heteroatoms. The number of anilines is 1. The number of benzene rings is 1. The van der Waals surface area contributed by atoms with Gasteiger partial charge in [0.2, 0.25) is 0 Å². The van der Waals surface area contributed by atoms with Gasteiger partial charge in [-0.3, -0.25) is 0 Å². The Morgan fingerprint density at radius 1 is 1.47 bits per heavy atom. The SMILES string of the molecule is CC(C)(C)NCC(O)c1cc(Cl)c(N)c(C(=O)O)c1. The predicted molar refractivity (Wildman–Crippen MR) is 75.5 cm³/mol. The average Bonchev–Trinajstić information content (AvgIpc) is 2.28. The molecule has 1 aromatic rings. The number of carboxylic acids is 1. The lowest BCUT2D eigenvalue weighted by Gasteiger charge is -2.23. The smallest absolute Gasteiger partial charge is 0.337 e. The normalized spacial score (nSPS) is 13.3. The number of aliphatic hydroxyl groups is 1. The molecule has 0 aliphatic heterocycles. The molecule has 0 aromatic heterocycles. The monoisotopic (exact) mass is 286 g/mol. The highest BCUT2D eigenvalue weighted by Gasteiger charge is 2.18. The van der Waals surface area contributed by atoms with Crippen molar-refractivity contribution in [3.63, 3.8) is 0 Å². The number of nitrogens with two attached hydrogens (primary N) is 1. The molecule has 5 N–H and O–H groups in total. The third-order valence-corrected chi connectivity index (χ3v) is 2.91. The topological polar surface area (TPSA) is 95.6 Å². The van der Waals surface area contributed by atoms with Crippen molar-refractivity contribution >= 4 is 23.3 Å². The molecule has 0 saturated carbocycles. The zero-order valence-corrected chi connectivity index (χ0v) is 12.0. The lowest BCUT2D eigenvalue weighted by atomic mass is 10.0. The van der Waals surface area contributed by atoms with Crippen molar-refractivity contribution in [1.82, 2.24) is 5.32 Å². The van der Waals surface area contributed by atoms with E-state index in [1.807, 2.05) is 20.8 Å². The summed E-state index contributed by atoms with van der Waals surface area (Å²) in [6, 6.07) is 2.83. The number of halogens is 1. The summed E-state index contributed by atoms with van der Waals surface area (Å²) in [6.07, 6.45) is -0.851. The highest BCUT2D eigenvalue weighted by atomic mass is 35.5. The summed E-state index contributed by atoms with van der Waals surface area (Å²) in [5, 5.41) is 22.3. The van der Waals surface area contributed by atoms with Gasteiger partial charge in [-0.15, -0.1) is 0 Å². The molecule has 0 radical (unpaired) electrons. The number of nitrogen functional groups attached to an aromatic ring is 1. The molecule has 1 aromatic carbocycles. The van der Waals surface area contributed by atoms with Crippen molar-refractivity contribution < 1.29 is 15.0 Å². The van der Waals surface area contributed by atoms with E-state index in [1.165, 1.54) is 12.1 Å². The van der Waals surface area contributed by atoms with Crippen LogP contribution in [0.25, 0.3) is 0 Å². The molecule has 106 valence electrons. The summed E-state index contributed by atoms with van der Waals surface area (Å²) in [5.74, 6) is -1.17. The second-order valence-electron chi connectivity index (χ2n) is 5.42. The largest absolute Gasteiger partial charge is 0.478 e. The fourth-order valence-corrected chi connectivity index (χ4v) is 1.76. The zero-order chi connectivity index (χ0) is 14.8. The highest BCUT2D eigenvalue weighted by molar-refractivity contribution is 6.33. The van der Waals surface area contributed by atoms with Gasteiger partial charge in [0.25, 0.3) is 0 Å². The first kappa shape index (κ1) is 15.8. The number of aliphatic hydroxyl groups excluding tert-OH is 1. The van der Waals surface area contributed by atoms with E-state index in [-0.39, 0.29) is 21.8 Å². The van der Waals surface area contributed by atoms with Crippen LogP contribution < -0.4 is 11.1 Å². The number of hydrogen-bond acceptors (Lipinski definition) is 4. The number of nitrogens with one attached hydrogen (secondary N) is 1. The number of rotatable bonds is 4. The summed E-state index contributed by atoms with van der Waals surface area (Å²) in [7, 11) is 0. The van der Waals surface area contributed by atoms with Crippen LogP contribution in [0.15, 0.2) is 12.1 Å². The van der Waals surface area contributed by atoms with Gasteiger partial charge in [-0.25, -0.2) is 4.79 Å². The first-order valence-corrected chi connectivity index (χ1v) is 6.25. The third kappa shape index (κ3) is 4.38. The summed E-state index contributed by atoms with van der Waals surface area (Å²) < 4.78 is 0. The molecule has 0 amide bonds. The van der Waals surface area contributed by atoms with E-state index >= 15 is 0 Å². The van der Waals surface area contributed by atoms with Gasteiger partial charge in [0.05, 0.1) is 22.4 Å². The van der Waals surface area contributed by atoms with Gasteiger partial charge in [-0.05, 0) is 38.5 Å². The maximum absolute atomic E-state index is 11.0. The maximum Gasteiger partial charge on any atom is 0.337 e. The van der Waals surface area contributed by atoms with E-state index in [0.29, 0.717) is 12.1 Å². The lowest BCUT2D eigenvalue weighted by molar-refractivity contribution is 0.0697. The minimum atomic E-state index is -1.17. The van der Waals surface area contributed by atoms with Gasteiger partial charge in [-0.2, -0.15) is 0 Å². The van der Waals surface area contributed by atoms with E-state index < -0.39 is 12.1 Å². The summed E-state index contributed by atoms with van der Waals surface area (Å²) in [5.41, 5.74) is 5.77. The Hall–Kier alpha value is -1.30. The number of hydrogen-bond donors (Lipinski definition) is 4. The van der Waals surface area contributed by atoms with Crippen molar-refractivity contribution in [2.75, 3.05) is 12.3 Å². The number of carbonyl (C=O) groups is 1. The van der Waals surface area contributed by atoms with Crippen LogP contribution in [0, 0.1) is 0 Å². The summed E-state index contributed by atoms with van der Waals surface area (Å²) >= 11 is 5.88. The molecule has 1 atom stereocenters. The van der Waals surface area contributed by atoms with Crippen molar-refractivity contribution in [2.24, 2.45) is 0 Å². The van der Waals surface area contributed by atoms with E-state index in [1.54, 1.807) is 0 Å². The van der Waals surface area contributed by atoms with Gasteiger partial charge < -0.3 is 21.3 Å². The van der Waals surface area contributed by atoms with E-state index in [9.17, 15) is 9.90 Å². The Balaban J connectivity index is 2.98. The number of β-amino-alcohol motifs (C(OH)–C–C–N with tert-alkyl or cyclic N) is 1. The van der Waals surface area contributed by atoms with Gasteiger partial charge >= 0.3 is 5.97 Å². The molecular formula is C13H19ClN2O3. The van der Waals surface area contributed by atoms with Gasteiger partial charge in [0, 0.05) is 12.1 Å². The van der Waals surface area contributed by atoms with Crippen molar-refractivity contribution in [2.45, 2.75) is 32.4 Å². The molecule has 1 rings (SSSR count). The molecule has 0 heterocycles. The van der Waals surface area contributed by atoms with Crippen LogP contribution in [-0.2, 0) is 0 Å². The Morgan fingerprint density at radius 3 is 2.53 bits per heavy atom. The molecule has 0 spiro atoms. The summed E-state index contributed by atoms with van der Waals surface area (Å²) in [6.45, 7) is 6.21. The summed E-state index contributed by atoms with van der Waals surface area (Å²) in [4.78, 5) is 11.0. The average molecular weight is 287 g/mol. The molecule has 0 fully saturated rings. The Bertz CT molecular complexity index is 484. The fourth-order valence-electron chi connectivity index (χ4n) is 1.53. The van der Waals surface area contributed by atoms with Crippen LogP contribution in [0.5, 0.6) is 0 Å². The minimum Gasteiger partial charge on any atom is -0.478 e. The molecule has 1 unspecified atom stereocenters. The van der Waals surface area contributed by atoms with Crippen LogP contribution in [0.1, 0.15) is 42.8 Å². The second-order valence-corrected chi connectivity index (χ2v) is 5.82. The number of carboxylic acid groups (broad SMARTS) is 1. The molecule has 5 nitrogen and oxygen atoms in total. The van der Waals surface area contributed by atoms with Gasteiger partial charge in [-0.1, -0.05) is 11.6 Å². The third-order valence-electron chi connectivity index (χ3n) is 2.59. The van der Waals surface area contributed by atoms with E-state index in [4.69, 9.17) is 22.4 Å². The first-order valence-electron chi connectivity index (χ1n) is 5.87. The van der Waals surface area contributed by atoms with Crippen molar-refractivity contribution in [3.05, 3.63) is 28.3 Å². The van der Waals surface area contributed by atoms with Crippen LogP contribution in [0.2, 0.25) is 5.02 Å². The van der Waals surface area contributed by atoms with E-state index in [2.05, 4.69) is 5.32 Å². The number of aromatic carboxylic acids is 1. The molecule has 19 heavy (non-hydrogen) atoms. The lowest BCUT2D eigenvalue weighted by Crippen LogP contribution is -2.38. The molecule has 0 aliphatic rings. The zero-order valence-electron chi connectivity index (χ0n) is 11.2. The minimum absolute atomic E-state index is 0.00824. The fraction of sp³-hybridized carbons (Fsp3) is 0.462. The van der Waals surface area contributed by atoms with Crippen molar-refractivity contribution in [3.8, 4) is 0 Å². The standard InChI is InChI=1S/C13H19ClN2O3/c1-13(2,3)16-6-10(17)7-4-8(12(18)19)11(15)9(14)5-7/h4-5,10,16-17H,6,15H2,1-3H3,(H,18,19). The van der Waals surface area contributed by atoms with Gasteiger partial charge in [0.15, 0.2) is 0 Å². The van der Waals surface area contributed by atoms with Crippen LogP contribution in [-0.4, -0.2) is 28.3 Å². The Labute approximate surface area is 117 Å². The maximum atomic E-state index is 11.0. The molecule has 0 bridgehead atoms. The van der Waals surface area contributed by atoms with Crippen LogP contribution in [0.3, 0.4) is 0 Å². The predicted octanol–water partition coefficient (Wildman–Crippen LogP) is 2.04. The Kier molecular flexibility index (Phi) is 4.79. The first-order chi connectivity index (χ1) is 8.61. The van der Waals surface area contributed by atoms with Crippen molar-refractivity contribution in [1.29, 1.82) is 0 Å². The molecular weight excluding hydrogens is 268 g/mol. The molecule has 0 saturated heterocycles. The molecule has 0 aliphatic carbocycles. The van der Waals surface area contributed by atoms with Gasteiger partial charge in [0.1, 0.15) is 0 Å².